The molecule has 1 aromatic carbocycles. The molecule has 22 heavy (non-hydrogen) atoms. The van der Waals surface area contributed by atoms with Gasteiger partial charge >= 0.3 is 0 Å². The molecule has 0 amide bonds. The zero-order chi connectivity index (χ0) is 15.5. The highest BCUT2D eigenvalue weighted by molar-refractivity contribution is 5.67. The molecule has 1 aliphatic carbocycles. The van der Waals surface area contributed by atoms with Crippen LogP contribution in [-0.2, 0) is 0 Å². The number of nitrogen functional groups attached to an aromatic ring is 1. The molecule has 4 heteroatoms. The average molecular weight is 295 g/mol. The van der Waals surface area contributed by atoms with Gasteiger partial charge in [0.25, 0.3) is 0 Å². The molecule has 3 rings (SSSR count). The molecule has 0 atom stereocenters. The molecule has 0 saturated heterocycles. The van der Waals surface area contributed by atoms with Gasteiger partial charge in [-0.3, -0.25) is 0 Å². The molecule has 0 unspecified atom stereocenters. The van der Waals surface area contributed by atoms with Crippen LogP contribution in [0.25, 0.3) is 11.3 Å². The lowest BCUT2D eigenvalue weighted by Crippen LogP contribution is -2.10. The predicted octanol–water partition coefficient (Wildman–Crippen LogP) is 4.39. The van der Waals surface area contributed by atoms with Gasteiger partial charge in [0.1, 0.15) is 17.7 Å². The summed E-state index contributed by atoms with van der Waals surface area (Å²) >= 11 is 0. The average Bonchev–Trinajstić information content (AvgIpc) is 2.55. The maximum absolute atomic E-state index is 14.0. The minimum Gasteiger partial charge on any atom is -0.383 e. The number of rotatable bonds is 2. The molecule has 2 aromatic rings. The third kappa shape index (κ3) is 2.67. The first-order valence-corrected chi connectivity index (χ1v) is 7.66. The quantitative estimate of drug-likeness (QED) is 0.893. The van der Waals surface area contributed by atoms with Crippen LogP contribution in [0.15, 0.2) is 30.3 Å². The van der Waals surface area contributed by atoms with Gasteiger partial charge in [0, 0.05) is 5.56 Å². The Hall–Kier alpha value is -2.41. The summed E-state index contributed by atoms with van der Waals surface area (Å²) in [7, 11) is 0. The number of nitrogens with zero attached hydrogens (tertiary/aromatic N) is 2. The molecule has 1 saturated carbocycles. The Bertz CT molecular complexity index is 728. The minimum atomic E-state index is -0.325. The molecule has 1 heterocycles. The molecular weight excluding hydrogens is 277 g/mol. The normalized spacial score (nSPS) is 15.5. The van der Waals surface area contributed by atoms with Gasteiger partial charge in [0.05, 0.1) is 11.3 Å². The second-order valence-corrected chi connectivity index (χ2v) is 5.78. The number of hydrogen-bond donors (Lipinski definition) is 1. The largest absolute Gasteiger partial charge is 0.383 e. The summed E-state index contributed by atoms with van der Waals surface area (Å²) in [6.07, 6.45) is 5.66. The number of anilines is 1. The van der Waals surface area contributed by atoms with E-state index in [9.17, 15) is 9.65 Å². The van der Waals surface area contributed by atoms with Crippen LogP contribution in [0.1, 0.15) is 49.1 Å². The highest BCUT2D eigenvalue weighted by Crippen LogP contribution is 2.37. The number of nitriles is 1. The lowest BCUT2D eigenvalue weighted by Gasteiger charge is -2.23. The SMILES string of the molecule is N#Cc1c(C2CCCCC2)cc(-c2ccccc2F)nc1N. The van der Waals surface area contributed by atoms with Crippen LogP contribution < -0.4 is 5.73 Å². The fourth-order valence-corrected chi connectivity index (χ4v) is 3.25. The third-order valence-electron chi connectivity index (χ3n) is 4.38. The molecule has 0 bridgehead atoms. The third-order valence-corrected chi connectivity index (χ3v) is 4.38. The van der Waals surface area contributed by atoms with Crippen LogP contribution in [0, 0.1) is 17.1 Å². The molecule has 0 radical (unpaired) electrons. The van der Waals surface area contributed by atoms with Crippen molar-refractivity contribution in [2.24, 2.45) is 0 Å². The van der Waals surface area contributed by atoms with Gasteiger partial charge < -0.3 is 5.73 Å². The molecule has 1 aromatic heterocycles. The Morgan fingerprint density at radius 3 is 2.59 bits per heavy atom. The van der Waals surface area contributed by atoms with E-state index in [0.717, 1.165) is 31.2 Å². The Labute approximate surface area is 129 Å². The van der Waals surface area contributed by atoms with E-state index >= 15 is 0 Å². The van der Waals surface area contributed by atoms with Crippen molar-refractivity contribution in [3.63, 3.8) is 0 Å². The summed E-state index contributed by atoms with van der Waals surface area (Å²) < 4.78 is 14.0. The number of pyridine rings is 1. The molecule has 2 N–H and O–H groups in total. The highest BCUT2D eigenvalue weighted by atomic mass is 19.1. The minimum absolute atomic E-state index is 0.198. The summed E-state index contributed by atoms with van der Waals surface area (Å²) in [5.41, 5.74) is 8.28. The number of benzene rings is 1. The Kier molecular flexibility index (Phi) is 4.06. The first-order chi connectivity index (χ1) is 10.7. The smallest absolute Gasteiger partial charge is 0.142 e. The van der Waals surface area contributed by atoms with Crippen molar-refractivity contribution < 1.29 is 4.39 Å². The van der Waals surface area contributed by atoms with E-state index in [1.807, 2.05) is 6.07 Å². The van der Waals surface area contributed by atoms with Crippen molar-refractivity contribution in [2.45, 2.75) is 38.0 Å². The van der Waals surface area contributed by atoms with Gasteiger partial charge in [-0.05, 0) is 42.5 Å². The van der Waals surface area contributed by atoms with Crippen LogP contribution >= 0.6 is 0 Å². The summed E-state index contributed by atoms with van der Waals surface area (Å²) in [6.45, 7) is 0. The van der Waals surface area contributed by atoms with Gasteiger partial charge in [-0.25, -0.2) is 9.37 Å². The maximum atomic E-state index is 14.0. The molecule has 3 nitrogen and oxygen atoms in total. The zero-order valence-electron chi connectivity index (χ0n) is 12.3. The molecule has 1 aliphatic rings. The van der Waals surface area contributed by atoms with Crippen LogP contribution in [0.2, 0.25) is 0 Å². The van der Waals surface area contributed by atoms with Crippen molar-refractivity contribution in [1.29, 1.82) is 5.26 Å². The van der Waals surface area contributed by atoms with Crippen molar-refractivity contribution in [1.82, 2.24) is 4.98 Å². The van der Waals surface area contributed by atoms with E-state index in [2.05, 4.69) is 11.1 Å². The van der Waals surface area contributed by atoms with E-state index in [0.29, 0.717) is 22.7 Å². The van der Waals surface area contributed by atoms with Gasteiger partial charge in [-0.1, -0.05) is 31.4 Å². The standard InChI is InChI=1S/C18H18FN3/c19-16-9-5-4-8-13(16)17-10-14(12-6-2-1-3-7-12)15(11-20)18(21)22-17/h4-5,8-10,12H,1-3,6-7H2,(H2,21,22). The van der Waals surface area contributed by atoms with Crippen LogP contribution in [0.4, 0.5) is 10.2 Å². The Balaban J connectivity index is 2.12. The lowest BCUT2D eigenvalue weighted by molar-refractivity contribution is 0.443. The molecule has 1 fully saturated rings. The van der Waals surface area contributed by atoms with Crippen molar-refractivity contribution in [2.75, 3.05) is 5.73 Å². The van der Waals surface area contributed by atoms with E-state index in [-0.39, 0.29) is 11.6 Å². The van der Waals surface area contributed by atoms with E-state index in [1.165, 1.54) is 12.5 Å². The van der Waals surface area contributed by atoms with E-state index in [4.69, 9.17) is 5.73 Å². The van der Waals surface area contributed by atoms with Crippen molar-refractivity contribution in [3.05, 3.63) is 47.3 Å². The molecular formula is C18H18FN3. The predicted molar refractivity (Wildman–Crippen MR) is 84.6 cm³/mol. The van der Waals surface area contributed by atoms with E-state index in [1.54, 1.807) is 18.2 Å². The van der Waals surface area contributed by atoms with Crippen LogP contribution in [-0.4, -0.2) is 4.98 Å². The van der Waals surface area contributed by atoms with Gasteiger partial charge in [-0.15, -0.1) is 0 Å². The van der Waals surface area contributed by atoms with Crippen LogP contribution in [0.3, 0.4) is 0 Å². The maximum Gasteiger partial charge on any atom is 0.142 e. The first kappa shape index (κ1) is 14.5. The summed E-state index contributed by atoms with van der Waals surface area (Å²) in [4.78, 5) is 4.25. The summed E-state index contributed by atoms with van der Waals surface area (Å²) in [5, 5.41) is 9.40. The molecule has 112 valence electrons. The number of nitrogens with two attached hydrogens (primary N) is 1. The summed E-state index contributed by atoms with van der Waals surface area (Å²) in [6, 6.07) is 10.5. The van der Waals surface area contributed by atoms with Gasteiger partial charge in [0.15, 0.2) is 0 Å². The number of halogens is 1. The van der Waals surface area contributed by atoms with Gasteiger partial charge in [-0.2, -0.15) is 5.26 Å². The number of hydrogen-bond acceptors (Lipinski definition) is 3. The molecule has 0 spiro atoms. The van der Waals surface area contributed by atoms with Gasteiger partial charge in [0.2, 0.25) is 0 Å². The Morgan fingerprint density at radius 1 is 1.18 bits per heavy atom. The Morgan fingerprint density at radius 2 is 1.91 bits per heavy atom. The summed E-state index contributed by atoms with van der Waals surface area (Å²) in [5.74, 6) is 0.191. The molecule has 0 aliphatic heterocycles. The first-order valence-electron chi connectivity index (χ1n) is 7.66. The monoisotopic (exact) mass is 295 g/mol. The lowest BCUT2D eigenvalue weighted by atomic mass is 9.82. The number of aromatic nitrogens is 1. The topological polar surface area (TPSA) is 62.7 Å². The zero-order valence-corrected chi connectivity index (χ0v) is 12.3. The fraction of sp³-hybridized carbons (Fsp3) is 0.333. The van der Waals surface area contributed by atoms with Crippen molar-refractivity contribution in [3.8, 4) is 17.3 Å². The highest BCUT2D eigenvalue weighted by Gasteiger charge is 2.22. The van der Waals surface area contributed by atoms with Crippen molar-refractivity contribution >= 4 is 5.82 Å². The fourth-order valence-electron chi connectivity index (χ4n) is 3.25. The van der Waals surface area contributed by atoms with Crippen LogP contribution in [0.5, 0.6) is 0 Å². The second kappa shape index (κ2) is 6.15. The second-order valence-electron chi connectivity index (χ2n) is 5.78. The van der Waals surface area contributed by atoms with E-state index < -0.39 is 0 Å².